The molecule has 0 bridgehead atoms. The quantitative estimate of drug-likeness (QED) is 0.610. The molecule has 0 radical (unpaired) electrons. The van der Waals surface area contributed by atoms with E-state index < -0.39 is 0 Å². The van der Waals surface area contributed by atoms with Gasteiger partial charge in [-0.25, -0.2) is 0 Å². The van der Waals surface area contributed by atoms with E-state index in [1.807, 2.05) is 0 Å². The largest absolute Gasteiger partial charge is 0.384 e. The van der Waals surface area contributed by atoms with Gasteiger partial charge in [0, 0.05) is 13.1 Å². The molecule has 1 saturated heterocycles. The second-order valence-corrected chi connectivity index (χ2v) is 4.52. The lowest BCUT2D eigenvalue weighted by Gasteiger charge is -2.32. The first-order valence-electron chi connectivity index (χ1n) is 6.13. The van der Waals surface area contributed by atoms with Crippen molar-refractivity contribution < 1.29 is 0 Å². The minimum absolute atomic E-state index is 0.0625. The molecule has 1 aromatic rings. The topological polar surface area (TPSA) is 78.9 Å². The number of hydrogen-bond acceptors (Lipinski definition) is 4. The third-order valence-corrected chi connectivity index (χ3v) is 3.48. The molecule has 2 heterocycles. The first kappa shape index (κ1) is 11.8. The zero-order valence-electron chi connectivity index (χ0n) is 10.2. The molecule has 0 saturated carbocycles. The molecule has 0 aliphatic carbocycles. The van der Waals surface area contributed by atoms with Crippen molar-refractivity contribution in [2.45, 2.75) is 26.2 Å². The highest BCUT2D eigenvalue weighted by Gasteiger charge is 2.21. The number of piperidine rings is 1. The summed E-state index contributed by atoms with van der Waals surface area (Å²) < 4.78 is 0. The SMILES string of the molecule is CCC1CCN(c2nnccc2C(=N)N)CC1. The van der Waals surface area contributed by atoms with Gasteiger partial charge in [-0.3, -0.25) is 5.41 Å². The molecule has 2 rings (SSSR count). The van der Waals surface area contributed by atoms with Gasteiger partial charge in [0.2, 0.25) is 0 Å². The minimum atomic E-state index is 0.0625. The van der Waals surface area contributed by atoms with Gasteiger partial charge in [0.25, 0.3) is 0 Å². The van der Waals surface area contributed by atoms with Crippen LogP contribution in [0.3, 0.4) is 0 Å². The lowest BCUT2D eigenvalue weighted by Crippen LogP contribution is -2.35. The Hall–Kier alpha value is -1.65. The van der Waals surface area contributed by atoms with E-state index in [9.17, 15) is 0 Å². The predicted octanol–water partition coefficient (Wildman–Crippen LogP) is 1.39. The number of hydrogen-bond donors (Lipinski definition) is 2. The minimum Gasteiger partial charge on any atom is -0.384 e. The van der Waals surface area contributed by atoms with Crippen molar-refractivity contribution in [3.8, 4) is 0 Å². The van der Waals surface area contributed by atoms with E-state index in [2.05, 4.69) is 22.0 Å². The van der Waals surface area contributed by atoms with Crippen molar-refractivity contribution in [3.63, 3.8) is 0 Å². The molecular formula is C12H19N5. The Labute approximate surface area is 102 Å². The van der Waals surface area contributed by atoms with Gasteiger partial charge >= 0.3 is 0 Å². The number of nitrogens with one attached hydrogen (secondary N) is 1. The number of nitrogen functional groups attached to an aromatic ring is 1. The van der Waals surface area contributed by atoms with Gasteiger partial charge in [-0.1, -0.05) is 13.3 Å². The van der Waals surface area contributed by atoms with Gasteiger partial charge in [0.1, 0.15) is 5.84 Å². The summed E-state index contributed by atoms with van der Waals surface area (Å²) in [4.78, 5) is 2.19. The zero-order chi connectivity index (χ0) is 12.3. The molecular weight excluding hydrogens is 214 g/mol. The molecule has 0 amide bonds. The number of nitrogens with zero attached hydrogens (tertiary/aromatic N) is 3. The molecule has 3 N–H and O–H groups in total. The van der Waals surface area contributed by atoms with Crippen LogP contribution in [-0.4, -0.2) is 29.1 Å². The first-order chi connectivity index (χ1) is 8.22. The number of rotatable bonds is 3. The van der Waals surface area contributed by atoms with Crippen LogP contribution < -0.4 is 10.6 Å². The number of anilines is 1. The summed E-state index contributed by atoms with van der Waals surface area (Å²) in [5, 5.41) is 15.6. The summed E-state index contributed by atoms with van der Waals surface area (Å²) in [6.45, 7) is 4.21. The highest BCUT2D eigenvalue weighted by Crippen LogP contribution is 2.25. The van der Waals surface area contributed by atoms with Crippen molar-refractivity contribution in [1.29, 1.82) is 5.41 Å². The van der Waals surface area contributed by atoms with E-state index >= 15 is 0 Å². The fourth-order valence-electron chi connectivity index (χ4n) is 2.32. The van der Waals surface area contributed by atoms with E-state index in [1.165, 1.54) is 19.3 Å². The Morgan fingerprint density at radius 2 is 2.24 bits per heavy atom. The Morgan fingerprint density at radius 3 is 2.82 bits per heavy atom. The summed E-state index contributed by atoms with van der Waals surface area (Å²) in [6.07, 6.45) is 5.20. The molecule has 1 aliphatic heterocycles. The first-order valence-corrected chi connectivity index (χ1v) is 6.13. The second-order valence-electron chi connectivity index (χ2n) is 4.52. The molecule has 1 aromatic heterocycles. The van der Waals surface area contributed by atoms with Gasteiger partial charge in [-0.05, 0) is 24.8 Å². The third kappa shape index (κ3) is 2.54. The summed E-state index contributed by atoms with van der Waals surface area (Å²) in [7, 11) is 0. The highest BCUT2D eigenvalue weighted by atomic mass is 15.3. The van der Waals surface area contributed by atoms with Crippen molar-refractivity contribution in [3.05, 3.63) is 17.8 Å². The maximum absolute atomic E-state index is 7.55. The van der Waals surface area contributed by atoms with E-state index in [-0.39, 0.29) is 5.84 Å². The maximum Gasteiger partial charge on any atom is 0.162 e. The van der Waals surface area contributed by atoms with Gasteiger partial charge < -0.3 is 10.6 Å². The Kier molecular flexibility index (Phi) is 3.56. The number of nitrogens with two attached hydrogens (primary N) is 1. The van der Waals surface area contributed by atoms with Crippen molar-refractivity contribution in [1.82, 2.24) is 10.2 Å². The Balaban J connectivity index is 2.15. The average Bonchev–Trinajstić information content (AvgIpc) is 2.39. The summed E-state index contributed by atoms with van der Waals surface area (Å²) in [5.41, 5.74) is 6.25. The van der Waals surface area contributed by atoms with Gasteiger partial charge in [-0.2, -0.15) is 5.10 Å². The lowest BCUT2D eigenvalue weighted by atomic mass is 9.94. The van der Waals surface area contributed by atoms with Crippen LogP contribution in [0.15, 0.2) is 12.3 Å². The summed E-state index contributed by atoms with van der Waals surface area (Å²) >= 11 is 0. The van der Waals surface area contributed by atoms with Crippen LogP contribution in [0.1, 0.15) is 31.7 Å². The van der Waals surface area contributed by atoms with E-state index in [0.717, 1.165) is 24.8 Å². The zero-order valence-corrected chi connectivity index (χ0v) is 10.2. The standard InChI is InChI=1S/C12H19N5/c1-2-9-4-7-17(8-5-9)12-10(11(13)14)3-6-15-16-12/h3,6,9H,2,4-5,7-8H2,1H3,(H3,13,14). The van der Waals surface area contributed by atoms with E-state index in [4.69, 9.17) is 11.1 Å². The number of aromatic nitrogens is 2. The fraction of sp³-hybridized carbons (Fsp3) is 0.583. The Morgan fingerprint density at radius 1 is 1.53 bits per heavy atom. The van der Waals surface area contributed by atoms with E-state index in [1.54, 1.807) is 12.3 Å². The van der Waals surface area contributed by atoms with Crippen LogP contribution in [0, 0.1) is 11.3 Å². The van der Waals surface area contributed by atoms with E-state index in [0.29, 0.717) is 5.56 Å². The molecule has 0 atom stereocenters. The molecule has 0 spiro atoms. The second kappa shape index (κ2) is 5.12. The molecule has 0 aromatic carbocycles. The van der Waals surface area contributed by atoms with Crippen LogP contribution in [0.5, 0.6) is 0 Å². The highest BCUT2D eigenvalue weighted by molar-refractivity contribution is 5.99. The van der Waals surface area contributed by atoms with Gasteiger partial charge in [0.15, 0.2) is 5.82 Å². The maximum atomic E-state index is 7.55. The normalized spacial score (nSPS) is 17.1. The van der Waals surface area contributed by atoms with Crippen molar-refractivity contribution in [2.24, 2.45) is 11.7 Å². The monoisotopic (exact) mass is 233 g/mol. The van der Waals surface area contributed by atoms with Gasteiger partial charge in [-0.15, -0.1) is 5.10 Å². The van der Waals surface area contributed by atoms with Crippen molar-refractivity contribution in [2.75, 3.05) is 18.0 Å². The Bertz CT molecular complexity index is 396. The molecule has 92 valence electrons. The molecule has 17 heavy (non-hydrogen) atoms. The van der Waals surface area contributed by atoms with Crippen molar-refractivity contribution >= 4 is 11.7 Å². The van der Waals surface area contributed by atoms with Crippen LogP contribution in [0.25, 0.3) is 0 Å². The van der Waals surface area contributed by atoms with Gasteiger partial charge in [0.05, 0.1) is 11.8 Å². The average molecular weight is 233 g/mol. The molecule has 5 nitrogen and oxygen atoms in total. The van der Waals surface area contributed by atoms with Crippen LogP contribution >= 0.6 is 0 Å². The van der Waals surface area contributed by atoms with Crippen LogP contribution in [0.4, 0.5) is 5.82 Å². The summed E-state index contributed by atoms with van der Waals surface area (Å²) in [6, 6.07) is 1.76. The van der Waals surface area contributed by atoms with Crippen LogP contribution in [-0.2, 0) is 0 Å². The fourth-order valence-corrected chi connectivity index (χ4v) is 2.32. The molecule has 1 aliphatic rings. The third-order valence-electron chi connectivity index (χ3n) is 3.48. The predicted molar refractivity (Wildman–Crippen MR) is 68.3 cm³/mol. The molecule has 5 heteroatoms. The van der Waals surface area contributed by atoms with Crippen LogP contribution in [0.2, 0.25) is 0 Å². The lowest BCUT2D eigenvalue weighted by molar-refractivity contribution is 0.393. The molecule has 1 fully saturated rings. The molecule has 0 unspecified atom stereocenters. The number of amidine groups is 1. The summed E-state index contributed by atoms with van der Waals surface area (Å²) in [5.74, 6) is 1.64. The smallest absolute Gasteiger partial charge is 0.162 e.